The summed E-state index contributed by atoms with van der Waals surface area (Å²) >= 11 is 0. The van der Waals surface area contributed by atoms with Gasteiger partial charge in [-0.05, 0) is 30.0 Å². The number of alkyl halides is 3. The summed E-state index contributed by atoms with van der Waals surface area (Å²) in [6.07, 6.45) is -1.98. The highest BCUT2D eigenvalue weighted by Crippen LogP contribution is 2.24. The molecular weight excluding hydrogens is 269 g/mol. The second-order valence-corrected chi connectivity index (χ2v) is 4.75. The molecule has 0 heterocycles. The van der Waals surface area contributed by atoms with Crippen molar-refractivity contribution in [1.29, 1.82) is 0 Å². The van der Waals surface area contributed by atoms with E-state index in [2.05, 4.69) is 24.0 Å². The van der Waals surface area contributed by atoms with Crippen LogP contribution in [0.5, 0.6) is 5.75 Å². The molecule has 1 aromatic carbocycles. The number of hydrogen-bond donors (Lipinski definition) is 2. The van der Waals surface area contributed by atoms with Crippen molar-refractivity contribution >= 4 is 0 Å². The zero-order chi connectivity index (χ0) is 15.2. The van der Waals surface area contributed by atoms with E-state index in [9.17, 15) is 13.2 Å². The molecule has 0 saturated heterocycles. The van der Waals surface area contributed by atoms with E-state index < -0.39 is 6.36 Å². The molecule has 0 aromatic heterocycles. The Bertz CT molecular complexity index is 388. The Balaban J connectivity index is 2.68. The first-order valence-corrected chi connectivity index (χ1v) is 6.70. The number of hydrogen-bond acceptors (Lipinski definition) is 3. The molecule has 1 aromatic rings. The largest absolute Gasteiger partial charge is 0.573 e. The number of hydrazine groups is 1. The van der Waals surface area contributed by atoms with Gasteiger partial charge >= 0.3 is 6.36 Å². The Morgan fingerprint density at radius 1 is 1.15 bits per heavy atom. The third-order valence-electron chi connectivity index (χ3n) is 3.44. The van der Waals surface area contributed by atoms with E-state index >= 15 is 0 Å². The molecule has 0 aliphatic carbocycles. The van der Waals surface area contributed by atoms with Crippen LogP contribution in [0.3, 0.4) is 0 Å². The normalized spacial score (nSPS) is 13.6. The summed E-state index contributed by atoms with van der Waals surface area (Å²) < 4.78 is 40.0. The molecule has 6 heteroatoms. The summed E-state index contributed by atoms with van der Waals surface area (Å²) in [6, 6.07) is 6.02. The van der Waals surface area contributed by atoms with Crippen LogP contribution in [0.1, 0.15) is 32.3 Å². The smallest absolute Gasteiger partial charge is 0.406 e. The lowest BCUT2D eigenvalue weighted by atomic mass is 9.90. The van der Waals surface area contributed by atoms with Gasteiger partial charge in [0.05, 0.1) is 0 Å². The van der Waals surface area contributed by atoms with Crippen LogP contribution in [0, 0.1) is 5.92 Å². The SMILES string of the molecule is CCC(CC)C(Cc1ccc(OC(F)(F)F)cc1)NN. The van der Waals surface area contributed by atoms with Crippen molar-refractivity contribution in [1.82, 2.24) is 5.43 Å². The predicted octanol–water partition coefficient (Wildman–Crippen LogP) is 3.40. The molecule has 0 saturated carbocycles. The van der Waals surface area contributed by atoms with Gasteiger partial charge in [-0.15, -0.1) is 13.2 Å². The molecule has 1 rings (SSSR count). The van der Waals surface area contributed by atoms with E-state index in [0.29, 0.717) is 12.3 Å². The van der Waals surface area contributed by atoms with Crippen molar-refractivity contribution in [2.45, 2.75) is 45.5 Å². The van der Waals surface area contributed by atoms with Crippen molar-refractivity contribution in [2.24, 2.45) is 11.8 Å². The summed E-state index contributed by atoms with van der Waals surface area (Å²) in [6.45, 7) is 4.19. The van der Waals surface area contributed by atoms with Crippen LogP contribution in [0.15, 0.2) is 24.3 Å². The number of benzene rings is 1. The average Bonchev–Trinajstić information content (AvgIpc) is 2.39. The Morgan fingerprint density at radius 2 is 1.70 bits per heavy atom. The van der Waals surface area contributed by atoms with Crippen molar-refractivity contribution in [3.63, 3.8) is 0 Å². The molecule has 20 heavy (non-hydrogen) atoms. The van der Waals surface area contributed by atoms with Gasteiger partial charge in [0.2, 0.25) is 0 Å². The van der Waals surface area contributed by atoms with E-state index in [0.717, 1.165) is 18.4 Å². The molecule has 0 aliphatic rings. The number of ether oxygens (including phenoxy) is 1. The highest BCUT2D eigenvalue weighted by Gasteiger charge is 2.31. The van der Waals surface area contributed by atoms with Crippen LogP contribution >= 0.6 is 0 Å². The Hall–Kier alpha value is -1.27. The second-order valence-electron chi connectivity index (χ2n) is 4.75. The van der Waals surface area contributed by atoms with Crippen molar-refractivity contribution < 1.29 is 17.9 Å². The average molecular weight is 290 g/mol. The van der Waals surface area contributed by atoms with Gasteiger partial charge in [0.15, 0.2) is 0 Å². The van der Waals surface area contributed by atoms with Gasteiger partial charge in [-0.3, -0.25) is 11.3 Å². The Morgan fingerprint density at radius 3 is 2.10 bits per heavy atom. The lowest BCUT2D eigenvalue weighted by Crippen LogP contribution is -2.42. The van der Waals surface area contributed by atoms with Crippen molar-refractivity contribution in [3.8, 4) is 5.75 Å². The van der Waals surface area contributed by atoms with Crippen LogP contribution in [-0.4, -0.2) is 12.4 Å². The van der Waals surface area contributed by atoms with E-state index in [4.69, 9.17) is 5.84 Å². The maximum absolute atomic E-state index is 12.1. The molecule has 114 valence electrons. The third-order valence-corrected chi connectivity index (χ3v) is 3.44. The zero-order valence-corrected chi connectivity index (χ0v) is 11.7. The van der Waals surface area contributed by atoms with Crippen LogP contribution in [0.2, 0.25) is 0 Å². The molecule has 0 aliphatic heterocycles. The van der Waals surface area contributed by atoms with Crippen molar-refractivity contribution in [2.75, 3.05) is 0 Å². The number of nitrogens with two attached hydrogens (primary N) is 1. The predicted molar refractivity (Wildman–Crippen MR) is 72.0 cm³/mol. The first-order valence-electron chi connectivity index (χ1n) is 6.70. The topological polar surface area (TPSA) is 47.3 Å². The van der Waals surface area contributed by atoms with Gasteiger partial charge in [-0.2, -0.15) is 0 Å². The van der Waals surface area contributed by atoms with Crippen LogP contribution in [0.4, 0.5) is 13.2 Å². The minimum absolute atomic E-state index is 0.111. The maximum atomic E-state index is 12.1. The van der Waals surface area contributed by atoms with Gasteiger partial charge in [-0.25, -0.2) is 0 Å². The summed E-state index contributed by atoms with van der Waals surface area (Å²) in [4.78, 5) is 0. The first kappa shape index (κ1) is 16.8. The molecule has 0 spiro atoms. The second kappa shape index (κ2) is 7.50. The number of nitrogens with one attached hydrogen (secondary N) is 1. The molecule has 3 N–H and O–H groups in total. The van der Waals surface area contributed by atoms with Gasteiger partial charge in [0, 0.05) is 6.04 Å². The molecule has 0 fully saturated rings. The lowest BCUT2D eigenvalue weighted by Gasteiger charge is -2.24. The maximum Gasteiger partial charge on any atom is 0.573 e. The fourth-order valence-electron chi connectivity index (χ4n) is 2.30. The number of rotatable bonds is 7. The minimum Gasteiger partial charge on any atom is -0.406 e. The van der Waals surface area contributed by atoms with Gasteiger partial charge in [0.1, 0.15) is 5.75 Å². The van der Waals surface area contributed by atoms with E-state index in [1.807, 2.05) is 0 Å². The van der Waals surface area contributed by atoms with Crippen LogP contribution in [-0.2, 0) is 6.42 Å². The standard InChI is InChI=1S/C14H21F3N2O/c1-3-11(4-2)13(19-18)9-10-5-7-12(8-6-10)20-14(15,16)17/h5-8,11,13,19H,3-4,9,18H2,1-2H3. The van der Waals surface area contributed by atoms with Crippen molar-refractivity contribution in [3.05, 3.63) is 29.8 Å². The van der Waals surface area contributed by atoms with Gasteiger partial charge in [-0.1, -0.05) is 38.8 Å². The minimum atomic E-state index is -4.65. The lowest BCUT2D eigenvalue weighted by molar-refractivity contribution is -0.274. The van der Waals surface area contributed by atoms with E-state index in [-0.39, 0.29) is 11.8 Å². The van der Waals surface area contributed by atoms with Gasteiger partial charge in [0.25, 0.3) is 0 Å². The molecule has 1 atom stereocenters. The van der Waals surface area contributed by atoms with E-state index in [1.54, 1.807) is 12.1 Å². The quantitative estimate of drug-likeness (QED) is 0.597. The summed E-state index contributed by atoms with van der Waals surface area (Å²) in [7, 11) is 0. The monoisotopic (exact) mass is 290 g/mol. The summed E-state index contributed by atoms with van der Waals surface area (Å²) in [5, 5.41) is 0. The third kappa shape index (κ3) is 5.38. The highest BCUT2D eigenvalue weighted by molar-refractivity contribution is 5.28. The molecule has 0 amide bonds. The fourth-order valence-corrected chi connectivity index (χ4v) is 2.30. The Kier molecular flexibility index (Phi) is 6.29. The van der Waals surface area contributed by atoms with Crippen LogP contribution in [0.25, 0.3) is 0 Å². The Labute approximate surface area is 117 Å². The molecule has 0 bridgehead atoms. The molecule has 3 nitrogen and oxygen atoms in total. The zero-order valence-electron chi connectivity index (χ0n) is 11.7. The van der Waals surface area contributed by atoms with Gasteiger partial charge < -0.3 is 4.74 Å². The molecule has 1 unspecified atom stereocenters. The number of halogens is 3. The summed E-state index contributed by atoms with van der Waals surface area (Å²) in [5.41, 5.74) is 3.72. The first-order chi connectivity index (χ1) is 9.39. The molecule has 0 radical (unpaired) electrons. The van der Waals surface area contributed by atoms with Crippen LogP contribution < -0.4 is 16.0 Å². The van der Waals surface area contributed by atoms with E-state index in [1.165, 1.54) is 12.1 Å². The highest BCUT2D eigenvalue weighted by atomic mass is 19.4. The molecular formula is C14H21F3N2O. The summed E-state index contributed by atoms with van der Waals surface area (Å²) in [5.74, 6) is 5.79. The fraction of sp³-hybridized carbons (Fsp3) is 0.571.